The molecule has 0 N–H and O–H groups in total. The number of aromatic nitrogens is 8. The molecule has 0 bridgehead atoms. The number of hydrogen-bond donors (Lipinski definition) is 0. The fourth-order valence-electron chi connectivity index (χ4n) is 4.63. The van der Waals surface area contributed by atoms with E-state index in [2.05, 4.69) is 127 Å². The Labute approximate surface area is 311 Å². The lowest BCUT2D eigenvalue weighted by Gasteiger charge is -2.15. The summed E-state index contributed by atoms with van der Waals surface area (Å²) in [6, 6.07) is 14.3. The molecule has 0 radical (unpaired) electrons. The van der Waals surface area contributed by atoms with Crippen LogP contribution in [0.1, 0.15) is 0 Å². The summed E-state index contributed by atoms with van der Waals surface area (Å²) in [6.45, 7) is 16.7. The summed E-state index contributed by atoms with van der Waals surface area (Å²) in [5, 5.41) is 11.4. The minimum atomic E-state index is -1.06. The van der Waals surface area contributed by atoms with Gasteiger partial charge in [-0.25, -0.2) is 9.36 Å². The van der Waals surface area contributed by atoms with Crippen molar-refractivity contribution in [3.8, 4) is 22.5 Å². The largest absolute Gasteiger partial charge is 0.360 e. The Morgan fingerprint density at radius 1 is 0.667 bits per heavy atom. The quantitative estimate of drug-likeness (QED) is 0.0682. The van der Waals surface area contributed by atoms with Crippen LogP contribution in [0, 0.1) is 7.40 Å². The van der Waals surface area contributed by atoms with Crippen LogP contribution in [0.4, 0.5) is 0 Å². The fourth-order valence-corrected chi connectivity index (χ4v) is 7.51. The van der Waals surface area contributed by atoms with Gasteiger partial charge in [0.1, 0.15) is 26.4 Å². The summed E-state index contributed by atoms with van der Waals surface area (Å²) in [7, 11) is -2.12. The Balaban J connectivity index is 0.000000188. The molecule has 0 aliphatic carbocycles. The normalized spacial score (nSPS) is 12.0. The van der Waals surface area contributed by atoms with E-state index in [-0.39, 0.29) is 0 Å². The highest BCUT2D eigenvalue weighted by Crippen LogP contribution is 2.26. The molecule has 0 aromatic carbocycles. The highest BCUT2D eigenvalue weighted by molar-refractivity contribution is 14.1. The second kappa shape index (κ2) is 16.4. The fraction of sp³-hybridized carbons (Fsp3) is 0.353. The second-order valence-electron chi connectivity index (χ2n) is 13.9. The van der Waals surface area contributed by atoms with Crippen molar-refractivity contribution in [1.82, 2.24) is 39.5 Å². The van der Waals surface area contributed by atoms with Gasteiger partial charge in [0, 0.05) is 76.0 Å². The predicted octanol–water partition coefficient (Wildman–Crippen LogP) is 8.82. The molecule has 6 aromatic heterocycles. The average Bonchev–Trinajstić information content (AvgIpc) is 3.56. The molecule has 0 aliphatic rings. The summed E-state index contributed by atoms with van der Waals surface area (Å²) in [5.41, 5.74) is 5.73. The standard InChI is InChI=1S/2C17H21IN4OSi/c1-24(2,3)8-7-23-12-22-16-11-20-15(9-14(16)17(18)21-22)13-5-4-6-19-10-13;1-24(2,3)8-7-23-12-22-17(18)14-9-15(20-11-16(14)21-22)13-5-4-6-19-10-13/h2*4-6,9-11H,7-8,12H2,1-3H3. The molecule has 6 aromatic rings. The molecular weight excluding hydrogens is 862 g/mol. The van der Waals surface area contributed by atoms with Crippen LogP contribution in [0.2, 0.25) is 51.4 Å². The molecule has 0 saturated heterocycles. The van der Waals surface area contributed by atoms with Gasteiger partial charge in [-0.2, -0.15) is 10.2 Å². The van der Waals surface area contributed by atoms with Crippen molar-refractivity contribution < 1.29 is 9.47 Å². The molecule has 252 valence electrons. The minimum absolute atomic E-state index is 0.470. The summed E-state index contributed by atoms with van der Waals surface area (Å²) < 4.78 is 17.5. The Morgan fingerprint density at radius 3 is 1.75 bits per heavy atom. The van der Waals surface area contributed by atoms with Crippen molar-refractivity contribution in [2.75, 3.05) is 13.2 Å². The van der Waals surface area contributed by atoms with Crippen LogP contribution in [0.3, 0.4) is 0 Å². The monoisotopic (exact) mass is 904 g/mol. The maximum Gasteiger partial charge on any atom is 0.140 e. The molecule has 10 nitrogen and oxygen atoms in total. The van der Waals surface area contributed by atoms with Crippen LogP contribution in [0.25, 0.3) is 44.3 Å². The maximum absolute atomic E-state index is 5.83. The van der Waals surface area contributed by atoms with E-state index in [1.54, 1.807) is 12.4 Å². The Bertz CT molecular complexity index is 1900. The van der Waals surface area contributed by atoms with E-state index in [1.165, 1.54) is 0 Å². The van der Waals surface area contributed by atoms with Gasteiger partial charge in [-0.15, -0.1) is 0 Å². The topological polar surface area (TPSA) is 106 Å². The summed E-state index contributed by atoms with van der Waals surface area (Å²) in [6.07, 6.45) is 10.9. The van der Waals surface area contributed by atoms with Crippen LogP contribution < -0.4 is 0 Å². The Kier molecular flexibility index (Phi) is 12.5. The third kappa shape index (κ3) is 10.2. The third-order valence-electron chi connectivity index (χ3n) is 7.49. The first-order valence-corrected chi connectivity index (χ1v) is 25.5. The number of ether oxygens (including phenoxy) is 2. The highest BCUT2D eigenvalue weighted by Gasteiger charge is 2.16. The number of nitrogens with zero attached hydrogens (tertiary/aromatic N) is 8. The summed E-state index contributed by atoms with van der Waals surface area (Å²) in [5.74, 6) is 0. The van der Waals surface area contributed by atoms with Crippen molar-refractivity contribution in [3.05, 3.63) is 81.0 Å². The summed E-state index contributed by atoms with van der Waals surface area (Å²) in [4.78, 5) is 17.4. The molecule has 0 fully saturated rings. The highest BCUT2D eigenvalue weighted by atomic mass is 127. The molecule has 6 heterocycles. The van der Waals surface area contributed by atoms with Gasteiger partial charge in [0.05, 0.1) is 29.3 Å². The zero-order valence-electron chi connectivity index (χ0n) is 28.3. The van der Waals surface area contributed by atoms with Gasteiger partial charge < -0.3 is 9.47 Å². The molecule has 48 heavy (non-hydrogen) atoms. The van der Waals surface area contributed by atoms with E-state index < -0.39 is 16.1 Å². The van der Waals surface area contributed by atoms with Crippen LogP contribution in [-0.2, 0) is 22.9 Å². The number of rotatable bonds is 12. The number of hydrogen-bond acceptors (Lipinski definition) is 8. The molecule has 0 saturated carbocycles. The SMILES string of the molecule is C[Si](C)(C)CCOCn1nc(I)c2cc(-c3cccnc3)ncc21.C[Si](C)(C)CCOCn1nc2cnc(-c3cccnc3)cc2c1I. The van der Waals surface area contributed by atoms with Crippen molar-refractivity contribution in [3.63, 3.8) is 0 Å². The van der Waals surface area contributed by atoms with Crippen LogP contribution >= 0.6 is 45.2 Å². The minimum Gasteiger partial charge on any atom is -0.360 e. The van der Waals surface area contributed by atoms with Gasteiger partial charge in [0.15, 0.2) is 0 Å². The lowest BCUT2D eigenvalue weighted by Crippen LogP contribution is -2.22. The van der Waals surface area contributed by atoms with E-state index in [1.807, 2.05) is 58.4 Å². The maximum atomic E-state index is 5.83. The van der Waals surface area contributed by atoms with E-state index in [9.17, 15) is 0 Å². The van der Waals surface area contributed by atoms with Gasteiger partial charge in [-0.1, -0.05) is 39.3 Å². The predicted molar refractivity (Wildman–Crippen MR) is 215 cm³/mol. The second-order valence-corrected chi connectivity index (χ2v) is 27.2. The average molecular weight is 905 g/mol. The van der Waals surface area contributed by atoms with Crippen molar-refractivity contribution in [2.24, 2.45) is 0 Å². The zero-order valence-corrected chi connectivity index (χ0v) is 34.6. The molecule has 0 amide bonds. The molecule has 0 atom stereocenters. The van der Waals surface area contributed by atoms with E-state index in [0.29, 0.717) is 13.5 Å². The molecule has 0 aliphatic heterocycles. The van der Waals surface area contributed by atoms with Gasteiger partial charge in [-0.05, 0) is 93.7 Å². The van der Waals surface area contributed by atoms with Crippen molar-refractivity contribution in [1.29, 1.82) is 0 Å². The number of pyridine rings is 4. The Morgan fingerprint density at radius 2 is 1.21 bits per heavy atom. The number of fused-ring (bicyclic) bond motifs is 2. The lowest BCUT2D eigenvalue weighted by atomic mass is 10.1. The van der Waals surface area contributed by atoms with E-state index in [0.717, 1.165) is 77.0 Å². The first-order valence-electron chi connectivity index (χ1n) is 15.9. The molecule has 0 spiro atoms. The summed E-state index contributed by atoms with van der Waals surface area (Å²) >= 11 is 4.59. The first-order chi connectivity index (χ1) is 22.9. The van der Waals surface area contributed by atoms with Gasteiger partial charge >= 0.3 is 0 Å². The molecule has 6 rings (SSSR count). The van der Waals surface area contributed by atoms with Crippen molar-refractivity contribution >= 4 is 83.1 Å². The zero-order chi connectivity index (χ0) is 34.3. The van der Waals surface area contributed by atoms with Gasteiger partial charge in [0.25, 0.3) is 0 Å². The van der Waals surface area contributed by atoms with Gasteiger partial charge in [-0.3, -0.25) is 19.9 Å². The van der Waals surface area contributed by atoms with Crippen molar-refractivity contribution in [2.45, 2.75) is 64.8 Å². The molecule has 14 heteroatoms. The third-order valence-corrected chi connectivity index (χ3v) is 12.8. The first kappa shape index (κ1) is 36.6. The molecule has 0 unspecified atom stereocenters. The smallest absolute Gasteiger partial charge is 0.140 e. The van der Waals surface area contributed by atoms with Crippen LogP contribution in [0.15, 0.2) is 73.6 Å². The Hall–Kier alpha value is -2.65. The number of halogens is 2. The van der Waals surface area contributed by atoms with E-state index in [4.69, 9.17) is 9.47 Å². The van der Waals surface area contributed by atoms with Crippen LogP contribution in [-0.4, -0.2) is 68.9 Å². The lowest BCUT2D eigenvalue weighted by molar-refractivity contribution is 0.0773. The van der Waals surface area contributed by atoms with Gasteiger partial charge in [0.2, 0.25) is 0 Å². The van der Waals surface area contributed by atoms with E-state index >= 15 is 0 Å². The molecular formula is C34H42I2N8O2Si2. The van der Waals surface area contributed by atoms with Crippen LogP contribution in [0.5, 0.6) is 0 Å².